The Morgan fingerprint density at radius 3 is 2.84 bits per heavy atom. The van der Waals surface area contributed by atoms with Crippen molar-refractivity contribution in [1.29, 1.82) is 0 Å². The molecule has 168 valence electrons. The molecule has 0 saturated carbocycles. The largest absolute Gasteiger partial charge is 0.338 e. The lowest BCUT2D eigenvalue weighted by molar-refractivity contribution is 0.189. The van der Waals surface area contributed by atoms with Crippen LogP contribution in [-0.2, 0) is 0 Å². The van der Waals surface area contributed by atoms with Crippen LogP contribution in [0.3, 0.4) is 0 Å². The summed E-state index contributed by atoms with van der Waals surface area (Å²) < 4.78 is 0. The van der Waals surface area contributed by atoms with Gasteiger partial charge in [-0.15, -0.1) is 0 Å². The molecule has 3 rings (SSSR count). The number of nitrogens with zero attached hydrogens (tertiary/aromatic N) is 3. The molecule has 31 heavy (non-hydrogen) atoms. The summed E-state index contributed by atoms with van der Waals surface area (Å²) in [7, 11) is 1.86. The van der Waals surface area contributed by atoms with Crippen LogP contribution in [0.5, 0.6) is 0 Å². The molecule has 8 heteroatoms. The molecule has 0 radical (unpaired) electrons. The number of nitrogens with one attached hydrogen (secondary N) is 3. The smallest absolute Gasteiger partial charge is 0.319 e. The number of likely N-dealkylation sites (tertiary alicyclic amines) is 1. The van der Waals surface area contributed by atoms with Gasteiger partial charge in [0, 0.05) is 56.9 Å². The van der Waals surface area contributed by atoms with Gasteiger partial charge in [0.05, 0.1) is 11.2 Å². The van der Waals surface area contributed by atoms with E-state index in [1.54, 1.807) is 0 Å². The zero-order chi connectivity index (χ0) is 22.2. The van der Waals surface area contributed by atoms with E-state index >= 15 is 0 Å². The van der Waals surface area contributed by atoms with E-state index in [-0.39, 0.29) is 18.1 Å². The maximum absolute atomic E-state index is 12.4. The molecule has 0 aliphatic carbocycles. The summed E-state index contributed by atoms with van der Waals surface area (Å²) >= 11 is 0. The Morgan fingerprint density at radius 1 is 1.23 bits per heavy atom. The number of carbonyl (C=O) groups excluding carboxylic acids is 2. The molecule has 1 saturated heterocycles. The molecule has 1 atom stereocenters. The number of amides is 4. The fourth-order valence-electron chi connectivity index (χ4n) is 3.90. The topological polar surface area (TPSA) is 89.6 Å². The van der Waals surface area contributed by atoms with Crippen LogP contribution in [0.2, 0.25) is 0 Å². The molecule has 4 amide bonds. The summed E-state index contributed by atoms with van der Waals surface area (Å²) in [4.78, 5) is 33.2. The molecule has 1 aliphatic rings. The number of fused-ring (bicyclic) bond motifs is 1. The lowest BCUT2D eigenvalue weighted by atomic mass is 10.1. The van der Waals surface area contributed by atoms with Crippen LogP contribution < -0.4 is 16.0 Å². The number of hydrogen-bond acceptors (Lipinski definition) is 4. The van der Waals surface area contributed by atoms with Crippen LogP contribution in [0.1, 0.15) is 31.9 Å². The number of hydrogen-bond donors (Lipinski definition) is 3. The highest BCUT2D eigenvalue weighted by Crippen LogP contribution is 2.22. The predicted octanol–water partition coefficient (Wildman–Crippen LogP) is 3.18. The molecule has 0 bridgehead atoms. The van der Waals surface area contributed by atoms with Crippen LogP contribution in [-0.4, -0.2) is 72.7 Å². The van der Waals surface area contributed by atoms with Crippen LogP contribution in [0.4, 0.5) is 15.3 Å². The number of para-hydroxylation sites is 1. The van der Waals surface area contributed by atoms with Crippen molar-refractivity contribution in [2.24, 2.45) is 0 Å². The number of aromatic nitrogens is 1. The van der Waals surface area contributed by atoms with E-state index in [1.165, 1.54) is 0 Å². The molecule has 1 unspecified atom stereocenters. The van der Waals surface area contributed by atoms with E-state index in [9.17, 15) is 9.59 Å². The van der Waals surface area contributed by atoms with Gasteiger partial charge in [0.15, 0.2) is 0 Å². The highest BCUT2D eigenvalue weighted by atomic mass is 16.2. The van der Waals surface area contributed by atoms with Crippen molar-refractivity contribution in [1.82, 2.24) is 25.4 Å². The number of urea groups is 2. The van der Waals surface area contributed by atoms with Gasteiger partial charge in [-0.25, -0.2) is 9.59 Å². The van der Waals surface area contributed by atoms with Gasteiger partial charge >= 0.3 is 12.1 Å². The first kappa shape index (κ1) is 22.8. The summed E-state index contributed by atoms with van der Waals surface area (Å²) in [6.45, 7) is 7.81. The first-order valence-electron chi connectivity index (χ1n) is 11.1. The number of unbranched alkanes of at least 4 members (excludes halogenated alkanes) is 1. The molecular formula is C23H34N6O2. The molecular weight excluding hydrogens is 392 g/mol. The van der Waals surface area contributed by atoms with Gasteiger partial charge < -0.3 is 20.9 Å². The van der Waals surface area contributed by atoms with Crippen molar-refractivity contribution < 1.29 is 9.59 Å². The third kappa shape index (κ3) is 6.30. The van der Waals surface area contributed by atoms with Crippen LogP contribution in [0.25, 0.3) is 10.9 Å². The Morgan fingerprint density at radius 2 is 2.03 bits per heavy atom. The number of anilines is 1. The maximum Gasteiger partial charge on any atom is 0.319 e. The minimum absolute atomic E-state index is 0.00215. The minimum Gasteiger partial charge on any atom is -0.338 e. The molecule has 8 nitrogen and oxygen atoms in total. The average Bonchev–Trinajstić information content (AvgIpc) is 3.22. The zero-order valence-corrected chi connectivity index (χ0v) is 18.8. The van der Waals surface area contributed by atoms with Crippen LogP contribution in [0.15, 0.2) is 30.3 Å². The fourth-order valence-corrected chi connectivity index (χ4v) is 3.90. The molecule has 0 spiro atoms. The second-order valence-corrected chi connectivity index (χ2v) is 8.15. The predicted molar refractivity (Wildman–Crippen MR) is 124 cm³/mol. The number of aryl methyl sites for hydroxylation is 1. The van der Waals surface area contributed by atoms with Crippen molar-refractivity contribution in [2.45, 2.75) is 39.2 Å². The van der Waals surface area contributed by atoms with Gasteiger partial charge in [-0.3, -0.25) is 9.88 Å². The Bertz CT molecular complexity index is 903. The average molecular weight is 427 g/mol. The Labute approximate surface area is 184 Å². The molecule has 2 aromatic rings. The van der Waals surface area contributed by atoms with E-state index < -0.39 is 0 Å². The number of carbonyl (C=O) groups is 2. The first-order valence-corrected chi connectivity index (χ1v) is 11.1. The number of pyridine rings is 1. The maximum atomic E-state index is 12.4. The summed E-state index contributed by atoms with van der Waals surface area (Å²) in [5.41, 5.74) is 2.49. The SMILES string of the molecule is CCCCNC(=O)N(C)C1CCN(CCNC(=O)Nc2cc(C)nc3ccccc23)C1. The number of benzene rings is 1. The van der Waals surface area contributed by atoms with Gasteiger partial charge in [0.2, 0.25) is 0 Å². The van der Waals surface area contributed by atoms with Crippen molar-refractivity contribution >= 4 is 28.7 Å². The number of likely N-dealkylation sites (N-methyl/N-ethyl adjacent to an activating group) is 1. The van der Waals surface area contributed by atoms with E-state index in [2.05, 4.69) is 32.8 Å². The molecule has 1 fully saturated rings. The van der Waals surface area contributed by atoms with E-state index in [1.807, 2.05) is 49.2 Å². The van der Waals surface area contributed by atoms with E-state index in [0.29, 0.717) is 6.54 Å². The summed E-state index contributed by atoms with van der Waals surface area (Å²) in [5, 5.41) is 9.78. The first-order chi connectivity index (χ1) is 15.0. The van der Waals surface area contributed by atoms with Gasteiger partial charge in [0.25, 0.3) is 0 Å². The van der Waals surface area contributed by atoms with Gasteiger partial charge in [-0.1, -0.05) is 31.5 Å². The lowest BCUT2D eigenvalue weighted by Gasteiger charge is -2.25. The fraction of sp³-hybridized carbons (Fsp3) is 0.522. The van der Waals surface area contributed by atoms with E-state index in [4.69, 9.17) is 0 Å². The highest BCUT2D eigenvalue weighted by Gasteiger charge is 2.27. The summed E-state index contributed by atoms with van der Waals surface area (Å²) in [6, 6.07) is 9.64. The molecule has 1 aromatic carbocycles. The van der Waals surface area contributed by atoms with Crippen LogP contribution in [0, 0.1) is 6.92 Å². The Kier molecular flexibility index (Phi) is 8.06. The molecule has 1 aliphatic heterocycles. The summed E-state index contributed by atoms with van der Waals surface area (Å²) in [6.07, 6.45) is 3.02. The Hall–Kier alpha value is -2.87. The van der Waals surface area contributed by atoms with Gasteiger partial charge in [-0.2, -0.15) is 0 Å². The standard InChI is InChI=1S/C23H34N6O2/c1-4-5-11-25-23(31)28(3)18-10-13-29(16-18)14-12-24-22(30)27-21-15-17(2)26-20-9-7-6-8-19(20)21/h6-9,15,18H,4-5,10-14,16H2,1-3H3,(H,25,31)(H2,24,26,27,30). The normalized spacial score (nSPS) is 16.3. The highest BCUT2D eigenvalue weighted by molar-refractivity contribution is 6.00. The van der Waals surface area contributed by atoms with Gasteiger partial charge in [-0.05, 0) is 31.9 Å². The second-order valence-electron chi connectivity index (χ2n) is 8.15. The quantitative estimate of drug-likeness (QED) is 0.566. The van der Waals surface area contributed by atoms with Crippen molar-refractivity contribution in [3.8, 4) is 0 Å². The number of rotatable bonds is 8. The van der Waals surface area contributed by atoms with Crippen LogP contribution >= 0.6 is 0 Å². The second kappa shape index (κ2) is 10.9. The van der Waals surface area contributed by atoms with Crippen molar-refractivity contribution in [2.75, 3.05) is 45.1 Å². The van der Waals surface area contributed by atoms with E-state index in [0.717, 1.165) is 67.7 Å². The third-order valence-electron chi connectivity index (χ3n) is 5.73. The zero-order valence-electron chi connectivity index (χ0n) is 18.8. The van der Waals surface area contributed by atoms with Gasteiger partial charge in [0.1, 0.15) is 0 Å². The Balaban J connectivity index is 1.42. The third-order valence-corrected chi connectivity index (χ3v) is 5.73. The molecule has 3 N–H and O–H groups in total. The lowest BCUT2D eigenvalue weighted by Crippen LogP contribution is -2.45. The monoisotopic (exact) mass is 426 g/mol. The molecule has 2 heterocycles. The molecule has 1 aromatic heterocycles. The van der Waals surface area contributed by atoms with Crippen molar-refractivity contribution in [3.05, 3.63) is 36.0 Å². The van der Waals surface area contributed by atoms with Crippen molar-refractivity contribution in [3.63, 3.8) is 0 Å². The minimum atomic E-state index is -0.223. The summed E-state index contributed by atoms with van der Waals surface area (Å²) in [5.74, 6) is 0.